The van der Waals surface area contributed by atoms with Crippen LogP contribution < -0.4 is 20.7 Å². The van der Waals surface area contributed by atoms with Gasteiger partial charge in [0.15, 0.2) is 0 Å². The van der Waals surface area contributed by atoms with E-state index in [1.807, 2.05) is 0 Å². The van der Waals surface area contributed by atoms with Crippen LogP contribution >= 0.6 is 0 Å². The molecule has 0 nitrogen and oxygen atoms in total. The summed E-state index contributed by atoms with van der Waals surface area (Å²) >= 11 is 0. The summed E-state index contributed by atoms with van der Waals surface area (Å²) in [6.45, 7) is 27.8. The molecule has 0 atom stereocenters. The van der Waals surface area contributed by atoms with Crippen LogP contribution in [0.4, 0.5) is 0 Å². The van der Waals surface area contributed by atoms with Gasteiger partial charge in [-0.2, -0.15) is 0 Å². The second-order valence-electron chi connectivity index (χ2n) is 12.2. The topological polar surface area (TPSA) is 0 Å². The molecule has 0 aliphatic rings. The molecule has 0 N–H and O–H groups in total. The highest BCUT2D eigenvalue weighted by Gasteiger charge is 2.33. The quantitative estimate of drug-likeness (QED) is 0.232. The third kappa shape index (κ3) is 5.93. The van der Waals surface area contributed by atoms with Crippen LogP contribution in [0.1, 0.15) is 66.8 Å². The zero-order chi connectivity index (χ0) is 28.8. The summed E-state index contributed by atoms with van der Waals surface area (Å²) in [5, 5.41) is 6.53. The highest BCUT2D eigenvalue weighted by atomic mass is 28.3. The van der Waals surface area contributed by atoms with Crippen LogP contribution in [-0.2, 0) is 0 Å². The first-order chi connectivity index (χ1) is 18.3. The predicted octanol–water partition coefficient (Wildman–Crippen LogP) is 6.85. The third-order valence-electron chi connectivity index (χ3n) is 8.27. The van der Waals surface area contributed by atoms with Crippen molar-refractivity contribution in [3.8, 4) is 0 Å². The first-order valence-corrected chi connectivity index (χ1v) is 17.7. The maximum atomic E-state index is 2.42. The number of aryl methyl sites for hydroxylation is 12. The fourth-order valence-electron chi connectivity index (χ4n) is 7.40. The normalized spacial score (nSPS) is 11.6. The van der Waals surface area contributed by atoms with Gasteiger partial charge in [-0.3, -0.25) is 0 Å². The maximum Gasteiger partial charge on any atom is 0.120 e. The molecule has 0 fully saturated rings. The van der Waals surface area contributed by atoms with E-state index in [0.717, 1.165) is 0 Å². The zero-order valence-corrected chi connectivity index (χ0v) is 28.3. The average Bonchev–Trinajstić information content (AvgIpc) is 2.76. The Morgan fingerprint density at radius 2 is 0.462 bits per heavy atom. The average molecular weight is 547 g/mol. The third-order valence-corrected chi connectivity index (χ3v) is 16.7. The van der Waals surface area contributed by atoms with Crippen LogP contribution in [0.3, 0.4) is 0 Å². The van der Waals surface area contributed by atoms with E-state index in [1.54, 1.807) is 20.7 Å². The highest BCUT2D eigenvalue weighted by molar-refractivity contribution is 7.01. The molecule has 0 unspecified atom stereocenters. The van der Waals surface area contributed by atoms with E-state index in [-0.39, 0.29) is 0 Å². The number of hydrogen-bond donors (Lipinski definition) is 0. The summed E-state index contributed by atoms with van der Waals surface area (Å²) in [4.78, 5) is 0. The molecule has 0 saturated heterocycles. The molecule has 0 saturated carbocycles. The van der Waals surface area contributed by atoms with E-state index >= 15 is 0 Å². The Labute approximate surface area is 241 Å². The zero-order valence-electron chi connectivity index (χ0n) is 26.3. The van der Waals surface area contributed by atoms with Crippen molar-refractivity contribution in [2.45, 2.75) is 88.8 Å². The van der Waals surface area contributed by atoms with Crippen LogP contribution in [0.25, 0.3) is 0 Å². The second kappa shape index (κ2) is 11.4. The lowest BCUT2D eigenvalue weighted by atomic mass is 10.1. The molecule has 4 rings (SSSR count). The fourth-order valence-corrected chi connectivity index (χ4v) is 16.5. The molecule has 0 amide bonds. The van der Waals surface area contributed by atoms with Gasteiger partial charge in [0.05, 0.1) is 0 Å². The Balaban J connectivity index is 2.07. The Morgan fingerprint density at radius 1 is 0.308 bits per heavy atom. The van der Waals surface area contributed by atoms with Gasteiger partial charge in [0.2, 0.25) is 0 Å². The van der Waals surface area contributed by atoms with Crippen molar-refractivity contribution in [2.75, 3.05) is 0 Å². The van der Waals surface area contributed by atoms with Crippen LogP contribution in [0.5, 0.6) is 0 Å². The maximum absolute atomic E-state index is 2.42. The van der Waals surface area contributed by atoms with Crippen molar-refractivity contribution in [3.63, 3.8) is 0 Å². The van der Waals surface area contributed by atoms with Crippen molar-refractivity contribution >= 4 is 38.3 Å². The lowest BCUT2D eigenvalue weighted by molar-refractivity contribution is 1.33. The molecule has 0 aliphatic carbocycles. The van der Waals surface area contributed by atoms with Crippen molar-refractivity contribution in [3.05, 3.63) is 115 Å². The van der Waals surface area contributed by atoms with E-state index < -0.39 is 17.6 Å². The van der Waals surface area contributed by atoms with Crippen molar-refractivity contribution in [1.29, 1.82) is 0 Å². The molecule has 0 heterocycles. The summed E-state index contributed by atoms with van der Waals surface area (Å²) in [5.74, 6) is 0. The molecule has 2 heteroatoms. The fraction of sp³-hybridized carbons (Fsp3) is 0.351. The first-order valence-electron chi connectivity index (χ1n) is 14.3. The molecule has 202 valence electrons. The Hall–Kier alpha value is -2.69. The van der Waals surface area contributed by atoms with Gasteiger partial charge in [-0.25, -0.2) is 0 Å². The van der Waals surface area contributed by atoms with Crippen LogP contribution in [-0.4, -0.2) is 17.6 Å². The Morgan fingerprint density at radius 3 is 0.615 bits per heavy atom. The summed E-state index contributed by atoms with van der Waals surface area (Å²) in [6, 6.07) is 19.4. The monoisotopic (exact) mass is 546 g/mol. The van der Waals surface area contributed by atoms with Gasteiger partial charge in [-0.05, 0) is 88.8 Å². The molecule has 2 radical (unpaired) electrons. The summed E-state index contributed by atoms with van der Waals surface area (Å²) < 4.78 is 0. The van der Waals surface area contributed by atoms with Gasteiger partial charge in [-0.15, -0.1) is 0 Å². The van der Waals surface area contributed by atoms with Crippen LogP contribution in [0.15, 0.2) is 48.5 Å². The molecule has 0 aliphatic heterocycles. The van der Waals surface area contributed by atoms with Crippen LogP contribution in [0.2, 0.25) is 5.67 Å². The van der Waals surface area contributed by atoms with Gasteiger partial charge in [0.1, 0.15) is 17.6 Å². The standard InChI is InChI=1S/C37H46Si2/c1-22-13-26(5)34(27(6)14-22)38(35-28(7)15-23(2)16-29(35)8)21-39(36-30(9)17-24(3)18-31(36)10)37-32(11)19-25(4)20-33(37)12/h13-20H,21H2,1-12H3. The molecule has 4 aromatic carbocycles. The number of hydrogen-bond acceptors (Lipinski definition) is 0. The van der Waals surface area contributed by atoms with Crippen molar-refractivity contribution in [2.24, 2.45) is 0 Å². The molecule has 0 spiro atoms. The van der Waals surface area contributed by atoms with Gasteiger partial charge in [0, 0.05) is 0 Å². The molecular weight excluding hydrogens is 501 g/mol. The minimum Gasteiger partial charge on any atom is -0.0565 e. The van der Waals surface area contributed by atoms with E-state index in [4.69, 9.17) is 0 Å². The van der Waals surface area contributed by atoms with E-state index in [0.29, 0.717) is 0 Å². The predicted molar refractivity (Wildman–Crippen MR) is 177 cm³/mol. The van der Waals surface area contributed by atoms with E-state index in [1.165, 1.54) is 72.4 Å². The van der Waals surface area contributed by atoms with Crippen molar-refractivity contribution in [1.82, 2.24) is 0 Å². The van der Waals surface area contributed by atoms with E-state index in [9.17, 15) is 0 Å². The molecule has 39 heavy (non-hydrogen) atoms. The van der Waals surface area contributed by atoms with E-state index in [2.05, 4.69) is 132 Å². The number of benzene rings is 4. The lowest BCUT2D eigenvalue weighted by Crippen LogP contribution is -2.57. The minimum absolute atomic E-state index is 1.09. The summed E-state index contributed by atoms with van der Waals surface area (Å²) in [6.07, 6.45) is 0. The Bertz CT molecular complexity index is 1230. The lowest BCUT2D eigenvalue weighted by Gasteiger charge is -2.31. The minimum atomic E-state index is -1.09. The second-order valence-corrected chi connectivity index (χ2v) is 17.6. The molecule has 0 bridgehead atoms. The summed E-state index contributed by atoms with van der Waals surface area (Å²) in [7, 11) is -2.17. The summed E-state index contributed by atoms with van der Waals surface area (Å²) in [5.41, 5.74) is 18.5. The molecular formula is C37H46Si2. The van der Waals surface area contributed by atoms with Gasteiger partial charge >= 0.3 is 0 Å². The SMILES string of the molecule is Cc1cc(C)c([Si](C[Si](c2c(C)cc(C)cc2C)c2c(C)cc(C)cc2C)c2c(C)cc(C)cc2C)c(C)c1. The Kier molecular flexibility index (Phi) is 8.59. The van der Waals surface area contributed by atoms with Gasteiger partial charge in [0.25, 0.3) is 0 Å². The largest absolute Gasteiger partial charge is 0.120 e. The molecule has 4 aromatic rings. The van der Waals surface area contributed by atoms with Crippen molar-refractivity contribution < 1.29 is 0 Å². The molecule has 0 aromatic heterocycles. The first kappa shape index (κ1) is 29.3. The smallest absolute Gasteiger partial charge is 0.0565 e. The highest BCUT2D eigenvalue weighted by Crippen LogP contribution is 2.19. The van der Waals surface area contributed by atoms with Gasteiger partial charge in [-0.1, -0.05) is 136 Å². The van der Waals surface area contributed by atoms with Gasteiger partial charge < -0.3 is 0 Å². The number of rotatable bonds is 6. The van der Waals surface area contributed by atoms with Crippen LogP contribution in [0, 0.1) is 83.1 Å².